The molecule has 0 unspecified atom stereocenters. The van der Waals surface area contributed by atoms with Gasteiger partial charge in [-0.25, -0.2) is 4.39 Å². The van der Waals surface area contributed by atoms with Crippen molar-refractivity contribution in [2.75, 3.05) is 0 Å². The summed E-state index contributed by atoms with van der Waals surface area (Å²) >= 11 is 4.44. The number of nitrogens with one attached hydrogen (secondary N) is 1. The number of halogens is 4. The van der Waals surface area contributed by atoms with Crippen molar-refractivity contribution in [2.45, 2.75) is 6.36 Å². The minimum absolute atomic E-state index is 0.0537. The molecule has 4 nitrogen and oxygen atoms in total. The van der Waals surface area contributed by atoms with Gasteiger partial charge in [-0.3, -0.25) is 5.43 Å². The molecule has 98 valence electrons. The molecule has 0 amide bonds. The quantitative estimate of drug-likeness (QED) is 0.384. The summed E-state index contributed by atoms with van der Waals surface area (Å²) in [4.78, 5) is 0. The first kappa shape index (κ1) is 14.2. The second-order valence-corrected chi connectivity index (χ2v) is 3.44. The third-order valence-corrected chi connectivity index (χ3v) is 1.61. The Kier molecular flexibility index (Phi) is 4.43. The van der Waals surface area contributed by atoms with Crippen LogP contribution in [0.5, 0.6) is 5.75 Å². The van der Waals surface area contributed by atoms with Crippen molar-refractivity contribution in [3.05, 3.63) is 29.6 Å². The van der Waals surface area contributed by atoms with Gasteiger partial charge in [-0.2, -0.15) is 5.10 Å². The van der Waals surface area contributed by atoms with Gasteiger partial charge in [0.25, 0.3) is 0 Å². The van der Waals surface area contributed by atoms with Gasteiger partial charge in [0.05, 0.1) is 6.21 Å². The monoisotopic (exact) mass is 281 g/mol. The molecule has 9 heteroatoms. The van der Waals surface area contributed by atoms with Gasteiger partial charge < -0.3 is 10.5 Å². The third-order valence-electron chi connectivity index (χ3n) is 1.52. The first-order valence-corrected chi connectivity index (χ1v) is 4.82. The van der Waals surface area contributed by atoms with E-state index in [1.165, 1.54) is 0 Å². The van der Waals surface area contributed by atoms with E-state index < -0.39 is 17.9 Å². The number of benzene rings is 1. The van der Waals surface area contributed by atoms with Crippen LogP contribution in [0.2, 0.25) is 0 Å². The molecular formula is C9H7F4N3OS. The smallest absolute Gasteiger partial charge is 0.406 e. The first-order chi connectivity index (χ1) is 8.26. The van der Waals surface area contributed by atoms with Gasteiger partial charge in [-0.05, 0) is 24.4 Å². The van der Waals surface area contributed by atoms with Crippen LogP contribution in [-0.4, -0.2) is 17.7 Å². The van der Waals surface area contributed by atoms with Gasteiger partial charge in [0.2, 0.25) is 0 Å². The Morgan fingerprint density at radius 3 is 2.61 bits per heavy atom. The van der Waals surface area contributed by atoms with Crippen molar-refractivity contribution >= 4 is 23.5 Å². The van der Waals surface area contributed by atoms with E-state index in [0.29, 0.717) is 6.07 Å². The van der Waals surface area contributed by atoms with E-state index in [4.69, 9.17) is 5.73 Å². The van der Waals surface area contributed by atoms with Crippen LogP contribution in [0.1, 0.15) is 5.56 Å². The van der Waals surface area contributed by atoms with Gasteiger partial charge in [0.15, 0.2) is 5.11 Å². The number of hydrogen-bond donors (Lipinski definition) is 2. The van der Waals surface area contributed by atoms with Crippen LogP contribution in [0.3, 0.4) is 0 Å². The molecule has 1 rings (SSSR count). The maximum absolute atomic E-state index is 13.0. The first-order valence-electron chi connectivity index (χ1n) is 4.41. The zero-order valence-corrected chi connectivity index (χ0v) is 9.48. The fraction of sp³-hybridized carbons (Fsp3) is 0.111. The predicted molar refractivity (Wildman–Crippen MR) is 60.6 cm³/mol. The normalized spacial score (nSPS) is 11.6. The van der Waals surface area contributed by atoms with E-state index in [1.54, 1.807) is 0 Å². The van der Waals surface area contributed by atoms with Crippen LogP contribution in [0.4, 0.5) is 17.6 Å². The summed E-state index contributed by atoms with van der Waals surface area (Å²) in [6.07, 6.45) is -3.84. The molecule has 0 spiro atoms. The van der Waals surface area contributed by atoms with Crippen LogP contribution in [0.25, 0.3) is 0 Å². The molecule has 1 aromatic carbocycles. The maximum Gasteiger partial charge on any atom is 0.573 e. The Balaban J connectivity index is 2.87. The molecule has 0 radical (unpaired) electrons. The molecule has 0 saturated carbocycles. The van der Waals surface area contributed by atoms with Gasteiger partial charge >= 0.3 is 6.36 Å². The molecule has 0 bridgehead atoms. The number of thiocarbonyl (C=S) groups is 1. The number of ether oxygens (including phenoxy) is 1. The number of nitrogens with zero attached hydrogens (tertiary/aromatic N) is 1. The van der Waals surface area contributed by atoms with E-state index in [-0.39, 0.29) is 10.7 Å². The van der Waals surface area contributed by atoms with E-state index in [0.717, 1.165) is 18.3 Å². The lowest BCUT2D eigenvalue weighted by Crippen LogP contribution is -2.24. The zero-order valence-electron chi connectivity index (χ0n) is 8.66. The largest absolute Gasteiger partial charge is 0.573 e. The molecule has 0 saturated heterocycles. The SMILES string of the molecule is NC(=S)NN=Cc1cc(F)cc(OC(F)(F)F)c1. The van der Waals surface area contributed by atoms with Crippen LogP contribution >= 0.6 is 12.2 Å². The maximum atomic E-state index is 13.0. The van der Waals surface area contributed by atoms with Gasteiger partial charge in [-0.15, -0.1) is 13.2 Å². The van der Waals surface area contributed by atoms with E-state index in [2.05, 4.69) is 27.5 Å². The van der Waals surface area contributed by atoms with Crippen molar-refractivity contribution in [1.29, 1.82) is 0 Å². The molecule has 3 N–H and O–H groups in total. The summed E-state index contributed by atoms with van der Waals surface area (Å²) in [6, 6.07) is 2.53. The number of hydrazone groups is 1. The molecule has 0 atom stereocenters. The van der Waals surface area contributed by atoms with Gasteiger partial charge in [-0.1, -0.05) is 0 Å². The lowest BCUT2D eigenvalue weighted by Gasteiger charge is -2.09. The minimum Gasteiger partial charge on any atom is -0.406 e. The lowest BCUT2D eigenvalue weighted by molar-refractivity contribution is -0.274. The van der Waals surface area contributed by atoms with Crippen molar-refractivity contribution in [3.8, 4) is 5.75 Å². The summed E-state index contributed by atoms with van der Waals surface area (Å²) in [7, 11) is 0. The molecule has 0 aliphatic heterocycles. The van der Waals surface area contributed by atoms with E-state index >= 15 is 0 Å². The number of alkyl halides is 3. The Morgan fingerprint density at radius 1 is 1.39 bits per heavy atom. The van der Waals surface area contributed by atoms with Crippen molar-refractivity contribution < 1.29 is 22.3 Å². The Hall–Kier alpha value is -1.90. The lowest BCUT2D eigenvalue weighted by atomic mass is 10.2. The van der Waals surface area contributed by atoms with Crippen LogP contribution in [0, 0.1) is 5.82 Å². The van der Waals surface area contributed by atoms with E-state index in [1.807, 2.05) is 0 Å². The highest BCUT2D eigenvalue weighted by Gasteiger charge is 2.31. The highest BCUT2D eigenvalue weighted by Crippen LogP contribution is 2.24. The van der Waals surface area contributed by atoms with E-state index in [9.17, 15) is 17.6 Å². The second-order valence-electron chi connectivity index (χ2n) is 3.00. The minimum atomic E-state index is -4.89. The van der Waals surface area contributed by atoms with Crippen LogP contribution < -0.4 is 15.9 Å². The van der Waals surface area contributed by atoms with Crippen LogP contribution in [0.15, 0.2) is 23.3 Å². The summed E-state index contributed by atoms with van der Waals surface area (Å²) in [5, 5.41) is 3.34. The summed E-state index contributed by atoms with van der Waals surface area (Å²) in [5.74, 6) is -1.58. The average molecular weight is 281 g/mol. The van der Waals surface area contributed by atoms with Gasteiger partial charge in [0.1, 0.15) is 11.6 Å². The van der Waals surface area contributed by atoms with Gasteiger partial charge in [0, 0.05) is 11.6 Å². The Morgan fingerprint density at radius 2 is 2.06 bits per heavy atom. The average Bonchev–Trinajstić information content (AvgIpc) is 2.12. The third kappa shape index (κ3) is 5.43. The van der Waals surface area contributed by atoms with Crippen LogP contribution in [-0.2, 0) is 0 Å². The molecule has 0 heterocycles. The highest BCUT2D eigenvalue weighted by atomic mass is 32.1. The Bertz CT molecular complexity index is 475. The van der Waals surface area contributed by atoms with Crippen molar-refractivity contribution in [1.82, 2.24) is 5.43 Å². The highest BCUT2D eigenvalue weighted by molar-refractivity contribution is 7.80. The summed E-state index contributed by atoms with van der Waals surface area (Å²) in [5.41, 5.74) is 7.29. The standard InChI is InChI=1S/C9H7F4N3OS/c10-6-1-5(4-15-16-8(14)18)2-7(3-6)17-9(11,12)13/h1-4H,(H3,14,16,18). The zero-order chi connectivity index (χ0) is 13.8. The molecule has 0 aliphatic carbocycles. The second kappa shape index (κ2) is 5.63. The fourth-order valence-corrected chi connectivity index (χ4v) is 1.07. The topological polar surface area (TPSA) is 59.6 Å². The molecule has 18 heavy (non-hydrogen) atoms. The molecular weight excluding hydrogens is 274 g/mol. The number of rotatable bonds is 3. The predicted octanol–water partition coefficient (Wildman–Crippen LogP) is 1.89. The number of nitrogens with two attached hydrogens (primary N) is 1. The van der Waals surface area contributed by atoms with Crippen molar-refractivity contribution in [3.63, 3.8) is 0 Å². The molecule has 0 aliphatic rings. The molecule has 0 aromatic heterocycles. The number of hydrogen-bond acceptors (Lipinski definition) is 3. The van der Waals surface area contributed by atoms with Crippen molar-refractivity contribution in [2.24, 2.45) is 10.8 Å². The summed E-state index contributed by atoms with van der Waals surface area (Å²) in [6.45, 7) is 0. The Labute approximate surface area is 104 Å². The molecule has 1 aromatic rings. The summed E-state index contributed by atoms with van der Waals surface area (Å²) < 4.78 is 52.4. The fourth-order valence-electron chi connectivity index (χ4n) is 1.02. The molecule has 0 fully saturated rings.